The molecule has 35 heavy (non-hydrogen) atoms. The van der Waals surface area contributed by atoms with Crippen molar-refractivity contribution in [1.29, 1.82) is 0 Å². The van der Waals surface area contributed by atoms with Crippen molar-refractivity contribution < 1.29 is 23.9 Å². The van der Waals surface area contributed by atoms with Crippen molar-refractivity contribution in [3.05, 3.63) is 59.7 Å². The van der Waals surface area contributed by atoms with Gasteiger partial charge in [0.1, 0.15) is 17.5 Å². The SMILES string of the molecule is CCC(C)NC(=O)C(NC(=O)c1ccc(OC)cc1)C1CCN(C(=O)c2cccc(OC)c2)CC1. The summed E-state index contributed by atoms with van der Waals surface area (Å²) >= 11 is 0. The molecule has 1 aliphatic heterocycles. The number of nitrogens with zero attached hydrogens (tertiary/aromatic N) is 1. The zero-order valence-electron chi connectivity index (χ0n) is 20.9. The van der Waals surface area contributed by atoms with E-state index in [1.807, 2.05) is 13.8 Å². The van der Waals surface area contributed by atoms with Gasteiger partial charge in [0.25, 0.3) is 11.8 Å². The van der Waals surface area contributed by atoms with Crippen LogP contribution in [-0.2, 0) is 4.79 Å². The fourth-order valence-electron chi connectivity index (χ4n) is 4.17. The first-order chi connectivity index (χ1) is 16.9. The van der Waals surface area contributed by atoms with Crippen LogP contribution in [0.4, 0.5) is 0 Å². The number of hydrogen-bond acceptors (Lipinski definition) is 5. The molecule has 1 aliphatic rings. The van der Waals surface area contributed by atoms with Crippen molar-refractivity contribution in [2.24, 2.45) is 5.92 Å². The summed E-state index contributed by atoms with van der Waals surface area (Å²) in [6, 6.07) is 13.2. The van der Waals surface area contributed by atoms with Gasteiger partial charge in [0, 0.05) is 30.3 Å². The standard InChI is InChI=1S/C27H35N3O5/c1-5-18(2)28-26(32)24(29-25(31)20-9-11-22(34-3)12-10-20)19-13-15-30(16-14-19)27(33)21-7-6-8-23(17-21)35-4/h6-12,17-19,24H,5,13-16H2,1-4H3,(H,28,32)(H,29,31). The Hall–Kier alpha value is -3.55. The maximum Gasteiger partial charge on any atom is 0.253 e. The number of benzene rings is 2. The molecule has 0 aliphatic carbocycles. The smallest absolute Gasteiger partial charge is 0.253 e. The number of amides is 3. The first-order valence-electron chi connectivity index (χ1n) is 12.0. The molecule has 8 heteroatoms. The van der Waals surface area contributed by atoms with Crippen LogP contribution in [0.3, 0.4) is 0 Å². The Morgan fingerprint density at radius 2 is 1.60 bits per heavy atom. The lowest BCUT2D eigenvalue weighted by molar-refractivity contribution is -0.125. The first kappa shape index (κ1) is 26.1. The Morgan fingerprint density at radius 1 is 0.943 bits per heavy atom. The monoisotopic (exact) mass is 481 g/mol. The van der Waals surface area contributed by atoms with E-state index in [1.165, 1.54) is 0 Å². The molecule has 2 aromatic rings. The summed E-state index contributed by atoms with van der Waals surface area (Å²) in [6.07, 6.45) is 2.01. The number of carbonyl (C=O) groups excluding carboxylic acids is 3. The second kappa shape index (κ2) is 12.2. The van der Waals surface area contributed by atoms with Crippen molar-refractivity contribution >= 4 is 17.7 Å². The van der Waals surface area contributed by atoms with Gasteiger partial charge in [-0.1, -0.05) is 13.0 Å². The third-order valence-electron chi connectivity index (χ3n) is 6.54. The highest BCUT2D eigenvalue weighted by molar-refractivity contribution is 5.98. The zero-order valence-corrected chi connectivity index (χ0v) is 20.9. The largest absolute Gasteiger partial charge is 0.497 e. The molecule has 3 amide bonds. The molecule has 2 atom stereocenters. The van der Waals surface area contributed by atoms with Crippen LogP contribution in [0.5, 0.6) is 11.5 Å². The van der Waals surface area contributed by atoms with Gasteiger partial charge in [0.15, 0.2) is 0 Å². The summed E-state index contributed by atoms with van der Waals surface area (Å²) in [5, 5.41) is 5.96. The van der Waals surface area contributed by atoms with E-state index in [0.717, 1.165) is 6.42 Å². The molecule has 2 N–H and O–H groups in total. The minimum Gasteiger partial charge on any atom is -0.497 e. The predicted octanol–water partition coefficient (Wildman–Crippen LogP) is 3.27. The number of ether oxygens (including phenoxy) is 2. The Kier molecular flexibility index (Phi) is 9.11. The van der Waals surface area contributed by atoms with Gasteiger partial charge in [-0.25, -0.2) is 0 Å². The molecule has 3 rings (SSSR count). The highest BCUT2D eigenvalue weighted by Gasteiger charge is 2.34. The molecule has 0 saturated carbocycles. The lowest BCUT2D eigenvalue weighted by Crippen LogP contribution is -2.55. The van der Waals surface area contributed by atoms with Crippen LogP contribution in [0, 0.1) is 5.92 Å². The molecule has 1 fully saturated rings. The van der Waals surface area contributed by atoms with Crippen molar-refractivity contribution in [1.82, 2.24) is 15.5 Å². The Labute approximate surface area is 207 Å². The number of rotatable bonds is 9. The van der Waals surface area contributed by atoms with E-state index in [0.29, 0.717) is 48.6 Å². The average molecular weight is 482 g/mol. The number of nitrogens with one attached hydrogen (secondary N) is 2. The lowest BCUT2D eigenvalue weighted by Gasteiger charge is -2.36. The number of hydrogen-bond donors (Lipinski definition) is 2. The second-order valence-corrected chi connectivity index (χ2v) is 8.86. The van der Waals surface area contributed by atoms with Crippen molar-refractivity contribution in [2.45, 2.75) is 45.2 Å². The minimum absolute atomic E-state index is 0.00221. The third-order valence-corrected chi connectivity index (χ3v) is 6.54. The topological polar surface area (TPSA) is 97.0 Å². The summed E-state index contributed by atoms with van der Waals surface area (Å²) in [6.45, 7) is 4.95. The molecule has 0 spiro atoms. The Morgan fingerprint density at radius 3 is 2.20 bits per heavy atom. The molecule has 1 heterocycles. The van der Waals surface area contributed by atoms with Gasteiger partial charge < -0.3 is 25.0 Å². The average Bonchev–Trinajstić information content (AvgIpc) is 2.91. The van der Waals surface area contributed by atoms with Crippen LogP contribution in [-0.4, -0.2) is 62.0 Å². The van der Waals surface area contributed by atoms with Crippen LogP contribution in [0.2, 0.25) is 0 Å². The Balaban J connectivity index is 1.70. The number of methoxy groups -OCH3 is 2. The molecule has 188 valence electrons. The molecule has 1 saturated heterocycles. The number of likely N-dealkylation sites (tertiary alicyclic amines) is 1. The van der Waals surface area contributed by atoms with E-state index in [1.54, 1.807) is 67.7 Å². The predicted molar refractivity (Wildman–Crippen MR) is 134 cm³/mol. The van der Waals surface area contributed by atoms with E-state index in [4.69, 9.17) is 9.47 Å². The molecule has 0 bridgehead atoms. The van der Waals surface area contributed by atoms with E-state index in [-0.39, 0.29) is 29.7 Å². The lowest BCUT2D eigenvalue weighted by atomic mass is 9.88. The van der Waals surface area contributed by atoms with Crippen LogP contribution in [0.1, 0.15) is 53.8 Å². The van der Waals surface area contributed by atoms with Crippen molar-refractivity contribution in [2.75, 3.05) is 27.3 Å². The summed E-state index contributed by atoms with van der Waals surface area (Å²) in [7, 11) is 3.13. The van der Waals surface area contributed by atoms with Crippen LogP contribution in [0.25, 0.3) is 0 Å². The molecule has 2 aromatic carbocycles. The van der Waals surface area contributed by atoms with Crippen molar-refractivity contribution in [3.8, 4) is 11.5 Å². The van der Waals surface area contributed by atoms with Gasteiger partial charge >= 0.3 is 0 Å². The molecular formula is C27H35N3O5. The summed E-state index contributed by atoms with van der Waals surface area (Å²) in [5.41, 5.74) is 1.03. The van der Waals surface area contributed by atoms with Gasteiger partial charge in [-0.15, -0.1) is 0 Å². The van der Waals surface area contributed by atoms with E-state index in [2.05, 4.69) is 10.6 Å². The maximum atomic E-state index is 13.1. The van der Waals surface area contributed by atoms with Gasteiger partial charge in [-0.2, -0.15) is 0 Å². The zero-order chi connectivity index (χ0) is 25.4. The van der Waals surface area contributed by atoms with Crippen LogP contribution in [0.15, 0.2) is 48.5 Å². The molecule has 2 unspecified atom stereocenters. The van der Waals surface area contributed by atoms with Crippen LogP contribution < -0.4 is 20.1 Å². The highest BCUT2D eigenvalue weighted by Crippen LogP contribution is 2.24. The number of carbonyl (C=O) groups is 3. The molecule has 0 aromatic heterocycles. The first-order valence-corrected chi connectivity index (χ1v) is 12.0. The highest BCUT2D eigenvalue weighted by atomic mass is 16.5. The normalized spacial score (nSPS) is 15.6. The van der Waals surface area contributed by atoms with Gasteiger partial charge in [-0.05, 0) is 74.6 Å². The summed E-state index contributed by atoms with van der Waals surface area (Å²) in [5.74, 6) is 0.626. The fraction of sp³-hybridized carbons (Fsp3) is 0.444. The molecule has 0 radical (unpaired) electrons. The summed E-state index contributed by atoms with van der Waals surface area (Å²) in [4.78, 5) is 40.9. The van der Waals surface area contributed by atoms with Gasteiger partial charge in [0.05, 0.1) is 14.2 Å². The van der Waals surface area contributed by atoms with Gasteiger partial charge in [-0.3, -0.25) is 14.4 Å². The Bertz CT molecular complexity index is 1020. The minimum atomic E-state index is -0.687. The van der Waals surface area contributed by atoms with Crippen molar-refractivity contribution in [3.63, 3.8) is 0 Å². The quantitative estimate of drug-likeness (QED) is 0.573. The van der Waals surface area contributed by atoms with Crippen LogP contribution >= 0.6 is 0 Å². The molecular weight excluding hydrogens is 446 g/mol. The van der Waals surface area contributed by atoms with E-state index < -0.39 is 6.04 Å². The molecule has 8 nitrogen and oxygen atoms in total. The second-order valence-electron chi connectivity index (χ2n) is 8.86. The summed E-state index contributed by atoms with van der Waals surface area (Å²) < 4.78 is 10.4. The fourth-order valence-corrected chi connectivity index (χ4v) is 4.17. The third kappa shape index (κ3) is 6.74. The maximum absolute atomic E-state index is 13.1. The van der Waals surface area contributed by atoms with E-state index in [9.17, 15) is 14.4 Å². The van der Waals surface area contributed by atoms with Gasteiger partial charge in [0.2, 0.25) is 5.91 Å². The van der Waals surface area contributed by atoms with E-state index >= 15 is 0 Å². The number of piperidine rings is 1.